The van der Waals surface area contributed by atoms with E-state index in [-0.39, 0.29) is 0 Å². The van der Waals surface area contributed by atoms with Crippen molar-refractivity contribution in [2.45, 2.75) is 64.6 Å². The first-order valence-electron chi connectivity index (χ1n) is 8.27. The summed E-state index contributed by atoms with van der Waals surface area (Å²) in [6.45, 7) is 9.32. The number of benzene rings is 1. The summed E-state index contributed by atoms with van der Waals surface area (Å²) in [7, 11) is 0. The van der Waals surface area contributed by atoms with Gasteiger partial charge in [-0.25, -0.2) is 0 Å². The molecule has 1 fully saturated rings. The van der Waals surface area contributed by atoms with E-state index in [0.717, 1.165) is 6.54 Å². The fourth-order valence-electron chi connectivity index (χ4n) is 3.36. The van der Waals surface area contributed by atoms with Gasteiger partial charge in [0, 0.05) is 31.2 Å². The molecule has 0 aliphatic carbocycles. The topological polar surface area (TPSA) is 15.3 Å². The minimum atomic E-state index is 0.641. The van der Waals surface area contributed by atoms with Crippen molar-refractivity contribution < 1.29 is 0 Å². The summed E-state index contributed by atoms with van der Waals surface area (Å²) < 4.78 is 0. The van der Waals surface area contributed by atoms with Gasteiger partial charge in [-0.2, -0.15) is 0 Å². The Kier molecular flexibility index (Phi) is 6.06. The van der Waals surface area contributed by atoms with Crippen LogP contribution in [0.4, 0.5) is 0 Å². The van der Waals surface area contributed by atoms with Gasteiger partial charge in [-0.05, 0) is 31.7 Å². The fourth-order valence-corrected chi connectivity index (χ4v) is 3.36. The van der Waals surface area contributed by atoms with Crippen LogP contribution in [0.5, 0.6) is 0 Å². The molecule has 0 amide bonds. The highest BCUT2D eigenvalue weighted by atomic mass is 15.2. The fraction of sp³-hybridized carbons (Fsp3) is 0.667. The van der Waals surface area contributed by atoms with Crippen molar-refractivity contribution in [3.63, 3.8) is 0 Å². The van der Waals surface area contributed by atoms with Crippen LogP contribution in [0.3, 0.4) is 0 Å². The lowest BCUT2D eigenvalue weighted by Gasteiger charge is -2.44. The number of hydrogen-bond acceptors (Lipinski definition) is 2. The second kappa shape index (κ2) is 7.80. The summed E-state index contributed by atoms with van der Waals surface area (Å²) >= 11 is 0. The van der Waals surface area contributed by atoms with Crippen molar-refractivity contribution in [3.8, 4) is 0 Å². The molecule has 1 aromatic rings. The van der Waals surface area contributed by atoms with E-state index < -0.39 is 0 Å². The van der Waals surface area contributed by atoms with Crippen molar-refractivity contribution in [1.82, 2.24) is 10.2 Å². The van der Waals surface area contributed by atoms with Crippen LogP contribution in [-0.2, 0) is 6.42 Å². The van der Waals surface area contributed by atoms with Crippen molar-refractivity contribution in [2.75, 3.05) is 13.1 Å². The van der Waals surface area contributed by atoms with Crippen molar-refractivity contribution in [1.29, 1.82) is 0 Å². The summed E-state index contributed by atoms with van der Waals surface area (Å²) in [6.07, 6.45) is 4.98. The SMILES string of the molecule is CCCC(C)N1CC(CC)NCC1Cc1ccccc1. The Hall–Kier alpha value is -0.860. The number of nitrogens with one attached hydrogen (secondary N) is 1. The zero-order chi connectivity index (χ0) is 14.4. The molecule has 1 aliphatic rings. The normalized spacial score (nSPS) is 25.6. The molecule has 0 bridgehead atoms. The van der Waals surface area contributed by atoms with E-state index in [9.17, 15) is 0 Å². The lowest BCUT2D eigenvalue weighted by Crippen LogP contribution is -2.59. The van der Waals surface area contributed by atoms with E-state index in [1.165, 1.54) is 37.8 Å². The summed E-state index contributed by atoms with van der Waals surface area (Å²) in [5, 5.41) is 3.72. The average Bonchev–Trinajstić information content (AvgIpc) is 2.49. The van der Waals surface area contributed by atoms with Gasteiger partial charge in [-0.15, -0.1) is 0 Å². The van der Waals surface area contributed by atoms with E-state index in [4.69, 9.17) is 0 Å². The molecular weight excluding hydrogens is 244 g/mol. The average molecular weight is 274 g/mol. The van der Waals surface area contributed by atoms with E-state index in [0.29, 0.717) is 18.1 Å². The summed E-state index contributed by atoms with van der Waals surface area (Å²) in [5.74, 6) is 0. The molecule has 1 heterocycles. The third kappa shape index (κ3) is 4.07. The maximum Gasteiger partial charge on any atom is 0.0264 e. The van der Waals surface area contributed by atoms with E-state index in [2.05, 4.69) is 61.3 Å². The van der Waals surface area contributed by atoms with Gasteiger partial charge >= 0.3 is 0 Å². The molecule has 2 nitrogen and oxygen atoms in total. The molecular formula is C18H30N2. The Balaban J connectivity index is 2.04. The Labute approximate surface area is 124 Å². The van der Waals surface area contributed by atoms with Gasteiger partial charge in [0.15, 0.2) is 0 Å². The van der Waals surface area contributed by atoms with Gasteiger partial charge in [0.05, 0.1) is 0 Å². The van der Waals surface area contributed by atoms with Crippen molar-refractivity contribution in [3.05, 3.63) is 35.9 Å². The van der Waals surface area contributed by atoms with E-state index in [1.54, 1.807) is 0 Å². The zero-order valence-corrected chi connectivity index (χ0v) is 13.3. The Morgan fingerprint density at radius 1 is 1.25 bits per heavy atom. The molecule has 0 spiro atoms. The van der Waals surface area contributed by atoms with Crippen LogP contribution in [0.1, 0.15) is 45.6 Å². The molecule has 1 saturated heterocycles. The van der Waals surface area contributed by atoms with Crippen LogP contribution in [0.15, 0.2) is 30.3 Å². The predicted molar refractivity (Wildman–Crippen MR) is 87.1 cm³/mol. The molecule has 1 aliphatic heterocycles. The van der Waals surface area contributed by atoms with Gasteiger partial charge in [0.25, 0.3) is 0 Å². The summed E-state index contributed by atoms with van der Waals surface area (Å²) in [4.78, 5) is 2.75. The van der Waals surface area contributed by atoms with Gasteiger partial charge in [0.2, 0.25) is 0 Å². The number of piperazine rings is 1. The zero-order valence-electron chi connectivity index (χ0n) is 13.3. The quantitative estimate of drug-likeness (QED) is 0.854. The molecule has 112 valence electrons. The third-order valence-corrected chi connectivity index (χ3v) is 4.62. The highest BCUT2D eigenvalue weighted by Gasteiger charge is 2.29. The third-order valence-electron chi connectivity index (χ3n) is 4.62. The van der Waals surface area contributed by atoms with Crippen LogP contribution in [0, 0.1) is 0 Å². The number of nitrogens with zero attached hydrogens (tertiary/aromatic N) is 1. The van der Waals surface area contributed by atoms with Crippen molar-refractivity contribution >= 4 is 0 Å². The maximum atomic E-state index is 3.72. The first-order chi connectivity index (χ1) is 9.74. The predicted octanol–water partition coefficient (Wildman–Crippen LogP) is 3.47. The molecule has 2 heteroatoms. The molecule has 3 atom stereocenters. The summed E-state index contributed by atoms with van der Waals surface area (Å²) in [6, 6.07) is 12.9. The summed E-state index contributed by atoms with van der Waals surface area (Å²) in [5.41, 5.74) is 1.46. The molecule has 0 aromatic heterocycles. The minimum Gasteiger partial charge on any atom is -0.311 e. The standard InChI is InChI=1S/C18H30N2/c1-4-9-15(3)20-14-17(5-2)19-13-18(20)12-16-10-7-6-8-11-16/h6-8,10-11,15,17-19H,4-5,9,12-14H2,1-3H3. The Morgan fingerprint density at radius 3 is 2.65 bits per heavy atom. The van der Waals surface area contributed by atoms with Gasteiger partial charge < -0.3 is 5.32 Å². The number of rotatable bonds is 6. The smallest absolute Gasteiger partial charge is 0.0264 e. The highest BCUT2D eigenvalue weighted by molar-refractivity contribution is 5.16. The highest BCUT2D eigenvalue weighted by Crippen LogP contribution is 2.19. The lowest BCUT2D eigenvalue weighted by atomic mass is 9.97. The first-order valence-corrected chi connectivity index (χ1v) is 8.27. The number of hydrogen-bond donors (Lipinski definition) is 1. The minimum absolute atomic E-state index is 0.641. The molecule has 2 rings (SSSR count). The van der Waals surface area contributed by atoms with Crippen LogP contribution in [-0.4, -0.2) is 36.1 Å². The molecule has 0 radical (unpaired) electrons. The van der Waals surface area contributed by atoms with E-state index >= 15 is 0 Å². The van der Waals surface area contributed by atoms with Crippen molar-refractivity contribution in [2.24, 2.45) is 0 Å². The lowest BCUT2D eigenvalue weighted by molar-refractivity contribution is 0.0830. The molecule has 20 heavy (non-hydrogen) atoms. The van der Waals surface area contributed by atoms with Gasteiger partial charge in [0.1, 0.15) is 0 Å². The van der Waals surface area contributed by atoms with Crippen LogP contribution >= 0.6 is 0 Å². The molecule has 1 aromatic carbocycles. The monoisotopic (exact) mass is 274 g/mol. The molecule has 0 saturated carbocycles. The van der Waals surface area contributed by atoms with Crippen LogP contribution in [0.2, 0.25) is 0 Å². The van der Waals surface area contributed by atoms with Crippen LogP contribution < -0.4 is 5.32 Å². The van der Waals surface area contributed by atoms with Gasteiger partial charge in [-0.3, -0.25) is 4.90 Å². The van der Waals surface area contributed by atoms with Crippen LogP contribution in [0.25, 0.3) is 0 Å². The molecule has 1 N–H and O–H groups in total. The van der Waals surface area contributed by atoms with Gasteiger partial charge in [-0.1, -0.05) is 50.6 Å². The Bertz CT molecular complexity index is 376. The molecule has 3 unspecified atom stereocenters. The first kappa shape index (κ1) is 15.5. The second-order valence-electron chi connectivity index (χ2n) is 6.19. The Morgan fingerprint density at radius 2 is 2.00 bits per heavy atom. The maximum absolute atomic E-state index is 3.72. The van der Waals surface area contributed by atoms with E-state index in [1.807, 2.05) is 0 Å². The largest absolute Gasteiger partial charge is 0.311 e. The second-order valence-corrected chi connectivity index (χ2v) is 6.19.